The zero-order chi connectivity index (χ0) is 12.0. The standard InChI is InChI=1S/C13H12F2O2/c14-10-3-4-11(15)13-12(10)9-2-1-8(16)5-7(9)6-17-13/h3-4,7,9H,1-2,5-6H2/t7-,9?/m1/s1. The molecule has 0 spiro atoms. The van der Waals surface area contributed by atoms with Crippen LogP contribution in [-0.2, 0) is 4.79 Å². The van der Waals surface area contributed by atoms with E-state index in [1.807, 2.05) is 0 Å². The van der Waals surface area contributed by atoms with Crippen LogP contribution in [0, 0.1) is 17.6 Å². The van der Waals surface area contributed by atoms with E-state index in [9.17, 15) is 13.6 Å². The third kappa shape index (κ3) is 1.63. The van der Waals surface area contributed by atoms with Gasteiger partial charge in [0.2, 0.25) is 0 Å². The fourth-order valence-electron chi connectivity index (χ4n) is 2.88. The first kappa shape index (κ1) is 10.7. The number of ketones is 1. The van der Waals surface area contributed by atoms with E-state index in [0.717, 1.165) is 12.1 Å². The fourth-order valence-corrected chi connectivity index (χ4v) is 2.88. The Morgan fingerprint density at radius 2 is 2.00 bits per heavy atom. The van der Waals surface area contributed by atoms with E-state index in [0.29, 0.717) is 31.4 Å². The smallest absolute Gasteiger partial charge is 0.165 e. The number of halogens is 2. The molecule has 2 atom stereocenters. The molecule has 0 bridgehead atoms. The van der Waals surface area contributed by atoms with Gasteiger partial charge < -0.3 is 4.74 Å². The van der Waals surface area contributed by atoms with Crippen molar-refractivity contribution in [3.63, 3.8) is 0 Å². The molecule has 1 aromatic carbocycles. The van der Waals surface area contributed by atoms with Crippen molar-refractivity contribution in [2.45, 2.75) is 25.2 Å². The van der Waals surface area contributed by atoms with Crippen LogP contribution in [0.25, 0.3) is 0 Å². The van der Waals surface area contributed by atoms with Crippen molar-refractivity contribution in [3.05, 3.63) is 29.3 Å². The van der Waals surface area contributed by atoms with Crippen LogP contribution in [0.2, 0.25) is 0 Å². The highest BCUT2D eigenvalue weighted by molar-refractivity contribution is 5.80. The Labute approximate surface area is 97.6 Å². The second kappa shape index (κ2) is 3.79. The lowest BCUT2D eigenvalue weighted by atomic mass is 9.73. The Hall–Kier alpha value is -1.45. The Balaban J connectivity index is 2.07. The minimum Gasteiger partial charge on any atom is -0.490 e. The number of ether oxygens (including phenoxy) is 1. The van der Waals surface area contributed by atoms with E-state index in [1.165, 1.54) is 0 Å². The summed E-state index contributed by atoms with van der Waals surface area (Å²) in [6.07, 6.45) is 1.47. The first-order chi connectivity index (χ1) is 8.16. The van der Waals surface area contributed by atoms with Crippen LogP contribution in [0.4, 0.5) is 8.78 Å². The van der Waals surface area contributed by atoms with Crippen molar-refractivity contribution in [2.24, 2.45) is 5.92 Å². The zero-order valence-corrected chi connectivity index (χ0v) is 9.21. The highest BCUT2D eigenvalue weighted by Crippen LogP contribution is 2.46. The lowest BCUT2D eigenvalue weighted by Crippen LogP contribution is -2.33. The fraction of sp³-hybridized carbons (Fsp3) is 0.462. The lowest BCUT2D eigenvalue weighted by molar-refractivity contribution is -0.122. The summed E-state index contributed by atoms with van der Waals surface area (Å²) in [6, 6.07) is 2.22. The van der Waals surface area contributed by atoms with Crippen LogP contribution in [0.15, 0.2) is 12.1 Å². The molecule has 0 amide bonds. The van der Waals surface area contributed by atoms with Gasteiger partial charge in [-0.05, 0) is 24.5 Å². The van der Waals surface area contributed by atoms with Gasteiger partial charge in [0.25, 0.3) is 0 Å². The Bertz CT molecular complexity index is 485. The average molecular weight is 238 g/mol. The molecule has 4 heteroatoms. The maximum atomic E-state index is 13.8. The topological polar surface area (TPSA) is 26.3 Å². The van der Waals surface area contributed by atoms with Crippen LogP contribution in [-0.4, -0.2) is 12.4 Å². The Morgan fingerprint density at radius 3 is 2.82 bits per heavy atom. The molecule has 0 saturated heterocycles. The number of rotatable bonds is 0. The summed E-state index contributed by atoms with van der Waals surface area (Å²) in [7, 11) is 0. The summed E-state index contributed by atoms with van der Waals surface area (Å²) in [5.41, 5.74) is 0.328. The molecule has 3 rings (SSSR count). The summed E-state index contributed by atoms with van der Waals surface area (Å²) < 4.78 is 32.6. The molecule has 90 valence electrons. The molecule has 0 radical (unpaired) electrons. The van der Waals surface area contributed by atoms with Gasteiger partial charge in [-0.2, -0.15) is 0 Å². The molecule has 2 aliphatic rings. The van der Waals surface area contributed by atoms with Crippen LogP contribution in [0.1, 0.15) is 30.7 Å². The van der Waals surface area contributed by atoms with Crippen molar-refractivity contribution in [3.8, 4) is 5.75 Å². The highest BCUT2D eigenvalue weighted by Gasteiger charge is 2.38. The number of carbonyl (C=O) groups excluding carboxylic acids is 1. The van der Waals surface area contributed by atoms with Crippen LogP contribution < -0.4 is 4.74 Å². The molecule has 1 aliphatic carbocycles. The largest absolute Gasteiger partial charge is 0.490 e. The summed E-state index contributed by atoms with van der Waals surface area (Å²) >= 11 is 0. The van der Waals surface area contributed by atoms with Gasteiger partial charge in [0.15, 0.2) is 11.6 Å². The zero-order valence-electron chi connectivity index (χ0n) is 9.21. The number of benzene rings is 1. The molecular formula is C13H12F2O2. The highest BCUT2D eigenvalue weighted by atomic mass is 19.1. The minimum absolute atomic E-state index is 0.0000463. The maximum Gasteiger partial charge on any atom is 0.165 e. The van der Waals surface area contributed by atoms with Gasteiger partial charge >= 0.3 is 0 Å². The molecule has 1 aliphatic heterocycles. The second-order valence-corrected chi connectivity index (χ2v) is 4.73. The third-order valence-corrected chi connectivity index (χ3v) is 3.70. The van der Waals surface area contributed by atoms with Gasteiger partial charge in [-0.1, -0.05) is 0 Å². The van der Waals surface area contributed by atoms with Crippen LogP contribution in [0.3, 0.4) is 0 Å². The molecule has 0 N–H and O–H groups in total. The van der Waals surface area contributed by atoms with E-state index < -0.39 is 11.6 Å². The van der Waals surface area contributed by atoms with Gasteiger partial charge in [-0.15, -0.1) is 0 Å². The Kier molecular flexibility index (Phi) is 2.38. The summed E-state index contributed by atoms with van der Waals surface area (Å²) in [5, 5.41) is 0. The number of carbonyl (C=O) groups is 1. The molecule has 1 aromatic rings. The van der Waals surface area contributed by atoms with Crippen LogP contribution >= 0.6 is 0 Å². The van der Waals surface area contributed by atoms with E-state index >= 15 is 0 Å². The molecule has 1 saturated carbocycles. The number of hydrogen-bond donors (Lipinski definition) is 0. The third-order valence-electron chi connectivity index (χ3n) is 3.70. The Morgan fingerprint density at radius 1 is 1.24 bits per heavy atom. The summed E-state index contributed by atoms with van der Waals surface area (Å²) in [4.78, 5) is 11.4. The van der Waals surface area contributed by atoms with Gasteiger partial charge in [0, 0.05) is 24.3 Å². The number of fused-ring (bicyclic) bond motifs is 3. The van der Waals surface area contributed by atoms with Crippen molar-refractivity contribution < 1.29 is 18.3 Å². The van der Waals surface area contributed by atoms with Gasteiger partial charge in [-0.3, -0.25) is 4.79 Å². The van der Waals surface area contributed by atoms with Crippen molar-refractivity contribution in [2.75, 3.05) is 6.61 Å². The summed E-state index contributed by atoms with van der Waals surface area (Å²) in [6.45, 7) is 0.309. The predicted molar refractivity (Wildman–Crippen MR) is 56.9 cm³/mol. The molecule has 1 fully saturated rings. The lowest BCUT2D eigenvalue weighted by Gasteiger charge is -2.36. The van der Waals surface area contributed by atoms with E-state index in [2.05, 4.69) is 0 Å². The minimum atomic E-state index is -0.517. The van der Waals surface area contributed by atoms with Crippen molar-refractivity contribution in [1.29, 1.82) is 0 Å². The SMILES string of the molecule is O=C1CCC2c3c(F)ccc(F)c3OC[C@H]2C1. The number of Topliss-reactive ketones (excluding diaryl/α,β-unsaturated/α-hetero) is 1. The predicted octanol–water partition coefficient (Wildman–Crippen LogP) is 2.81. The van der Waals surface area contributed by atoms with Crippen molar-refractivity contribution in [1.82, 2.24) is 0 Å². The molecule has 1 heterocycles. The molecule has 1 unspecified atom stereocenters. The van der Waals surface area contributed by atoms with E-state index in [-0.39, 0.29) is 23.4 Å². The second-order valence-electron chi connectivity index (χ2n) is 4.73. The first-order valence-corrected chi connectivity index (χ1v) is 5.79. The van der Waals surface area contributed by atoms with Gasteiger partial charge in [0.05, 0.1) is 6.61 Å². The monoisotopic (exact) mass is 238 g/mol. The van der Waals surface area contributed by atoms with Crippen molar-refractivity contribution >= 4 is 5.78 Å². The summed E-state index contributed by atoms with van der Waals surface area (Å²) in [5.74, 6) is -0.787. The number of hydrogen-bond acceptors (Lipinski definition) is 2. The quantitative estimate of drug-likeness (QED) is 0.694. The normalized spacial score (nSPS) is 27.1. The molecular weight excluding hydrogens is 226 g/mol. The maximum absolute atomic E-state index is 13.8. The first-order valence-electron chi connectivity index (χ1n) is 5.79. The molecule has 2 nitrogen and oxygen atoms in total. The van der Waals surface area contributed by atoms with E-state index in [4.69, 9.17) is 4.74 Å². The molecule has 0 aromatic heterocycles. The van der Waals surface area contributed by atoms with Gasteiger partial charge in [0.1, 0.15) is 11.6 Å². The molecule has 17 heavy (non-hydrogen) atoms. The van der Waals surface area contributed by atoms with Crippen LogP contribution in [0.5, 0.6) is 5.75 Å². The van der Waals surface area contributed by atoms with Gasteiger partial charge in [-0.25, -0.2) is 8.78 Å². The van der Waals surface area contributed by atoms with E-state index in [1.54, 1.807) is 0 Å². The average Bonchev–Trinajstić information content (AvgIpc) is 2.32.